The number of nitrogens with zero attached hydrogens (tertiary/aromatic N) is 2. The van der Waals surface area contributed by atoms with Gasteiger partial charge >= 0.3 is 6.09 Å². The monoisotopic (exact) mass is 299 g/mol. The minimum absolute atomic E-state index is 0.339. The first kappa shape index (κ1) is 16.6. The number of anilines is 1. The summed E-state index contributed by atoms with van der Waals surface area (Å²) < 4.78 is 5.25. The SMILES string of the molecule is CC(C)CN(NC(=O)OC(C)(C)C)c1cccc(Cl)n1. The molecule has 0 aliphatic heterocycles. The van der Waals surface area contributed by atoms with Crippen LogP contribution in [0.2, 0.25) is 5.15 Å². The molecule has 5 nitrogen and oxygen atoms in total. The molecular formula is C14H22ClN3O2. The van der Waals surface area contributed by atoms with Crippen LogP contribution < -0.4 is 10.4 Å². The maximum absolute atomic E-state index is 11.9. The second-order valence-corrected chi connectivity index (χ2v) is 6.32. The van der Waals surface area contributed by atoms with E-state index in [1.807, 2.05) is 34.6 Å². The molecule has 1 N–H and O–H groups in total. The van der Waals surface area contributed by atoms with Crippen molar-refractivity contribution < 1.29 is 9.53 Å². The van der Waals surface area contributed by atoms with Gasteiger partial charge in [-0.05, 0) is 38.8 Å². The molecule has 0 spiro atoms. The molecule has 0 aliphatic rings. The molecule has 1 aromatic rings. The summed E-state index contributed by atoms with van der Waals surface area (Å²) in [7, 11) is 0. The molecule has 0 aliphatic carbocycles. The van der Waals surface area contributed by atoms with Crippen LogP contribution in [0.25, 0.3) is 0 Å². The number of nitrogens with one attached hydrogen (secondary N) is 1. The zero-order valence-corrected chi connectivity index (χ0v) is 13.4. The second-order valence-electron chi connectivity index (χ2n) is 5.94. The van der Waals surface area contributed by atoms with E-state index in [4.69, 9.17) is 16.3 Å². The van der Waals surface area contributed by atoms with Gasteiger partial charge in [-0.2, -0.15) is 0 Å². The molecule has 1 rings (SSSR count). The average Bonchev–Trinajstić information content (AvgIpc) is 2.24. The summed E-state index contributed by atoms with van der Waals surface area (Å²) in [5.74, 6) is 0.919. The minimum Gasteiger partial charge on any atom is -0.443 e. The highest BCUT2D eigenvalue weighted by atomic mass is 35.5. The fourth-order valence-electron chi connectivity index (χ4n) is 1.52. The molecule has 20 heavy (non-hydrogen) atoms. The van der Waals surface area contributed by atoms with Crippen molar-refractivity contribution in [3.05, 3.63) is 23.4 Å². The summed E-state index contributed by atoms with van der Waals surface area (Å²) in [5.41, 5.74) is 2.15. The van der Waals surface area contributed by atoms with Crippen LogP contribution in [0.5, 0.6) is 0 Å². The first-order valence-corrected chi connectivity index (χ1v) is 6.95. The number of rotatable bonds is 4. The largest absolute Gasteiger partial charge is 0.443 e. The molecule has 6 heteroatoms. The van der Waals surface area contributed by atoms with Crippen LogP contribution in [0.4, 0.5) is 10.6 Å². The van der Waals surface area contributed by atoms with Gasteiger partial charge in [-0.3, -0.25) is 5.01 Å². The lowest BCUT2D eigenvalue weighted by Crippen LogP contribution is -2.47. The summed E-state index contributed by atoms with van der Waals surface area (Å²) in [6, 6.07) is 5.26. The zero-order chi connectivity index (χ0) is 15.3. The van der Waals surface area contributed by atoms with Crippen LogP contribution in [0.15, 0.2) is 18.2 Å². The van der Waals surface area contributed by atoms with Crippen molar-refractivity contribution in [2.24, 2.45) is 5.92 Å². The van der Waals surface area contributed by atoms with E-state index in [2.05, 4.69) is 10.4 Å². The molecule has 0 saturated carbocycles. The van der Waals surface area contributed by atoms with Crippen molar-refractivity contribution in [1.82, 2.24) is 10.4 Å². The van der Waals surface area contributed by atoms with Gasteiger partial charge in [0.15, 0.2) is 0 Å². The van der Waals surface area contributed by atoms with E-state index in [-0.39, 0.29) is 0 Å². The summed E-state index contributed by atoms with van der Waals surface area (Å²) in [6.45, 7) is 10.2. The molecule has 0 aromatic carbocycles. The summed E-state index contributed by atoms with van der Waals surface area (Å²) in [5, 5.41) is 2.02. The van der Waals surface area contributed by atoms with Crippen LogP contribution >= 0.6 is 11.6 Å². The number of ether oxygens (including phenoxy) is 1. The predicted octanol–water partition coefficient (Wildman–Crippen LogP) is 3.64. The summed E-state index contributed by atoms with van der Waals surface area (Å²) >= 11 is 5.89. The van der Waals surface area contributed by atoms with Crippen LogP contribution in [0.3, 0.4) is 0 Å². The Bertz CT molecular complexity index is 458. The first-order chi connectivity index (χ1) is 9.17. The number of aromatic nitrogens is 1. The Kier molecular flexibility index (Phi) is 5.62. The van der Waals surface area contributed by atoms with Gasteiger partial charge in [0.25, 0.3) is 0 Å². The van der Waals surface area contributed by atoms with Crippen LogP contribution in [0, 0.1) is 5.92 Å². The molecule has 0 radical (unpaired) electrons. The van der Waals surface area contributed by atoms with E-state index >= 15 is 0 Å². The molecule has 0 unspecified atom stereocenters. The molecule has 0 bridgehead atoms. The van der Waals surface area contributed by atoms with Gasteiger partial charge in [0.1, 0.15) is 16.6 Å². The molecule has 0 fully saturated rings. The van der Waals surface area contributed by atoms with Gasteiger partial charge in [0.2, 0.25) is 0 Å². The number of hydrazine groups is 1. The maximum Gasteiger partial charge on any atom is 0.426 e. The summed E-state index contributed by atoms with van der Waals surface area (Å²) in [4.78, 5) is 16.1. The van der Waals surface area contributed by atoms with E-state index in [0.717, 1.165) is 0 Å². The maximum atomic E-state index is 11.9. The van der Waals surface area contributed by atoms with E-state index < -0.39 is 11.7 Å². The Morgan fingerprint density at radius 1 is 1.45 bits per heavy atom. The highest BCUT2D eigenvalue weighted by Gasteiger charge is 2.19. The predicted molar refractivity (Wildman–Crippen MR) is 80.8 cm³/mol. The van der Waals surface area contributed by atoms with E-state index in [1.54, 1.807) is 23.2 Å². The van der Waals surface area contributed by atoms with Gasteiger partial charge in [-0.15, -0.1) is 0 Å². The zero-order valence-electron chi connectivity index (χ0n) is 12.6. The number of halogens is 1. The van der Waals surface area contributed by atoms with Crippen LogP contribution in [-0.4, -0.2) is 23.2 Å². The standard InChI is InChI=1S/C14H22ClN3O2/c1-10(2)9-18(12-8-6-7-11(15)16-12)17-13(19)20-14(3,4)5/h6-8,10H,9H2,1-5H3,(H,17,19). The van der Waals surface area contributed by atoms with Gasteiger partial charge in [0, 0.05) is 6.54 Å². The van der Waals surface area contributed by atoms with E-state index in [0.29, 0.717) is 23.4 Å². The molecule has 112 valence electrons. The third-order valence-corrected chi connectivity index (χ3v) is 2.36. The van der Waals surface area contributed by atoms with Crippen molar-refractivity contribution in [2.75, 3.05) is 11.6 Å². The quantitative estimate of drug-likeness (QED) is 0.681. The third-order valence-electron chi connectivity index (χ3n) is 2.15. The molecular weight excluding hydrogens is 278 g/mol. The van der Waals surface area contributed by atoms with Crippen molar-refractivity contribution in [1.29, 1.82) is 0 Å². The lowest BCUT2D eigenvalue weighted by molar-refractivity contribution is 0.0519. The smallest absolute Gasteiger partial charge is 0.426 e. The fourth-order valence-corrected chi connectivity index (χ4v) is 1.68. The fraction of sp³-hybridized carbons (Fsp3) is 0.571. The number of hydrogen-bond donors (Lipinski definition) is 1. The van der Waals surface area contributed by atoms with Gasteiger partial charge in [0.05, 0.1) is 0 Å². The Hall–Kier alpha value is -1.49. The van der Waals surface area contributed by atoms with Gasteiger partial charge < -0.3 is 4.74 Å². The topological polar surface area (TPSA) is 54.5 Å². The first-order valence-electron chi connectivity index (χ1n) is 6.57. The lowest BCUT2D eigenvalue weighted by atomic mass is 10.2. The van der Waals surface area contributed by atoms with Crippen molar-refractivity contribution >= 4 is 23.5 Å². The number of hydrogen-bond acceptors (Lipinski definition) is 4. The molecule has 1 aromatic heterocycles. The Labute approximate surface area is 125 Å². The number of carbonyl (C=O) groups excluding carboxylic acids is 1. The molecule has 0 atom stereocenters. The molecule has 0 saturated heterocycles. The lowest BCUT2D eigenvalue weighted by Gasteiger charge is -2.28. The highest BCUT2D eigenvalue weighted by Crippen LogP contribution is 2.15. The normalized spacial score (nSPS) is 11.3. The molecule has 1 amide bonds. The second kappa shape index (κ2) is 6.79. The van der Waals surface area contributed by atoms with Crippen molar-refractivity contribution in [2.45, 2.75) is 40.2 Å². The van der Waals surface area contributed by atoms with E-state index in [9.17, 15) is 4.79 Å². The highest BCUT2D eigenvalue weighted by molar-refractivity contribution is 6.29. The number of pyridine rings is 1. The Balaban J connectivity index is 2.82. The van der Waals surface area contributed by atoms with Crippen molar-refractivity contribution in [3.8, 4) is 0 Å². The van der Waals surface area contributed by atoms with Crippen molar-refractivity contribution in [3.63, 3.8) is 0 Å². The average molecular weight is 300 g/mol. The van der Waals surface area contributed by atoms with Crippen LogP contribution in [0.1, 0.15) is 34.6 Å². The minimum atomic E-state index is -0.546. The van der Waals surface area contributed by atoms with E-state index in [1.165, 1.54) is 0 Å². The third kappa shape index (κ3) is 6.10. The Morgan fingerprint density at radius 2 is 2.10 bits per heavy atom. The number of amides is 1. The van der Waals surface area contributed by atoms with Crippen LogP contribution in [-0.2, 0) is 4.74 Å². The van der Waals surface area contributed by atoms with Gasteiger partial charge in [-0.25, -0.2) is 15.2 Å². The Morgan fingerprint density at radius 3 is 2.60 bits per heavy atom. The molecule has 1 heterocycles. The number of carbonyl (C=O) groups is 1. The van der Waals surface area contributed by atoms with Gasteiger partial charge in [-0.1, -0.05) is 31.5 Å². The summed E-state index contributed by atoms with van der Waals surface area (Å²) in [6.07, 6.45) is -0.514.